The lowest BCUT2D eigenvalue weighted by atomic mass is 9.89. The number of benzene rings is 1. The first-order chi connectivity index (χ1) is 11.5. The number of alkyl halides is 3. The van der Waals surface area contributed by atoms with E-state index in [2.05, 4.69) is 18.2 Å². The van der Waals surface area contributed by atoms with Crippen molar-refractivity contribution < 1.29 is 22.6 Å². The summed E-state index contributed by atoms with van der Waals surface area (Å²) in [5.41, 5.74) is 3.57. The molecule has 2 nitrogen and oxygen atoms in total. The molecule has 132 valence electrons. The summed E-state index contributed by atoms with van der Waals surface area (Å²) >= 11 is 0. The summed E-state index contributed by atoms with van der Waals surface area (Å²) in [6.45, 7) is 1.35. The Hall–Kier alpha value is -1.33. The summed E-state index contributed by atoms with van der Waals surface area (Å²) in [5.74, 6) is -0.401. The predicted molar refractivity (Wildman–Crippen MR) is 86.5 cm³/mol. The average Bonchev–Trinajstić information content (AvgIpc) is 3.00. The van der Waals surface area contributed by atoms with Gasteiger partial charge in [-0.3, -0.25) is 0 Å². The van der Waals surface area contributed by atoms with E-state index < -0.39 is 18.4 Å². The molecule has 1 aromatic rings. The van der Waals surface area contributed by atoms with E-state index in [9.17, 15) is 13.2 Å². The second kappa shape index (κ2) is 7.28. The van der Waals surface area contributed by atoms with E-state index in [1.807, 2.05) is 12.1 Å². The number of hydrogen-bond donors (Lipinski definition) is 0. The van der Waals surface area contributed by atoms with Crippen LogP contribution < -0.4 is 0 Å². The number of allylic oxidation sites excluding steroid dienone is 1. The highest BCUT2D eigenvalue weighted by molar-refractivity contribution is 5.66. The van der Waals surface area contributed by atoms with E-state index in [1.54, 1.807) is 0 Å². The fourth-order valence-electron chi connectivity index (χ4n) is 3.37. The van der Waals surface area contributed by atoms with Crippen LogP contribution in [0.3, 0.4) is 0 Å². The van der Waals surface area contributed by atoms with Gasteiger partial charge in [0.2, 0.25) is 0 Å². The van der Waals surface area contributed by atoms with Crippen LogP contribution in [0.5, 0.6) is 0 Å². The van der Waals surface area contributed by atoms with Crippen molar-refractivity contribution >= 4 is 5.57 Å². The summed E-state index contributed by atoms with van der Waals surface area (Å²) in [4.78, 5) is 0. The maximum absolute atomic E-state index is 12.1. The van der Waals surface area contributed by atoms with Crippen LogP contribution in [0, 0.1) is 0 Å². The summed E-state index contributed by atoms with van der Waals surface area (Å²) < 4.78 is 47.8. The fourth-order valence-corrected chi connectivity index (χ4v) is 3.37. The topological polar surface area (TPSA) is 18.5 Å². The van der Waals surface area contributed by atoms with Crippen LogP contribution in [0.1, 0.15) is 49.7 Å². The summed E-state index contributed by atoms with van der Waals surface area (Å²) in [7, 11) is 0. The quantitative estimate of drug-likeness (QED) is 0.680. The highest BCUT2D eigenvalue weighted by Gasteiger charge is 2.37. The number of hydrogen-bond acceptors (Lipinski definition) is 2. The molecule has 0 bridgehead atoms. The van der Waals surface area contributed by atoms with E-state index in [1.165, 1.54) is 11.1 Å². The summed E-state index contributed by atoms with van der Waals surface area (Å²) in [6, 6.07) is 8.19. The van der Waals surface area contributed by atoms with E-state index in [0.29, 0.717) is 26.1 Å². The minimum atomic E-state index is -4.04. The van der Waals surface area contributed by atoms with Crippen molar-refractivity contribution in [3.05, 3.63) is 41.5 Å². The SMILES string of the molecule is FC(F)(F)CCCCc1ccc(C2=CCC3(CC2)OCCO3)cc1. The fraction of sp³-hybridized carbons (Fsp3) is 0.579. The Morgan fingerprint density at radius 1 is 1.00 bits per heavy atom. The molecule has 1 aliphatic heterocycles. The van der Waals surface area contributed by atoms with Crippen LogP contribution >= 0.6 is 0 Å². The number of unbranched alkanes of at least 4 members (excludes halogenated alkanes) is 1. The largest absolute Gasteiger partial charge is 0.389 e. The van der Waals surface area contributed by atoms with E-state index in [0.717, 1.165) is 24.8 Å². The second-order valence-electron chi connectivity index (χ2n) is 6.56. The van der Waals surface area contributed by atoms with Crippen molar-refractivity contribution in [2.45, 2.75) is 56.9 Å². The number of aryl methyl sites for hydroxylation is 1. The lowest BCUT2D eigenvalue weighted by Gasteiger charge is -2.30. The van der Waals surface area contributed by atoms with Crippen molar-refractivity contribution in [3.63, 3.8) is 0 Å². The molecule has 1 fully saturated rings. The standard InChI is InChI=1S/C19H23F3O2/c20-19(21,22)10-2-1-3-15-4-6-16(7-5-15)17-8-11-18(12-9-17)23-13-14-24-18/h4-8H,1-3,9-14H2. The van der Waals surface area contributed by atoms with Gasteiger partial charge in [-0.05, 0) is 42.4 Å². The van der Waals surface area contributed by atoms with Crippen LogP contribution in [0.4, 0.5) is 13.2 Å². The lowest BCUT2D eigenvalue weighted by Crippen LogP contribution is -2.31. The molecule has 0 N–H and O–H groups in total. The maximum atomic E-state index is 12.1. The van der Waals surface area contributed by atoms with Crippen molar-refractivity contribution in [1.29, 1.82) is 0 Å². The van der Waals surface area contributed by atoms with Crippen molar-refractivity contribution in [1.82, 2.24) is 0 Å². The number of ether oxygens (including phenoxy) is 2. The van der Waals surface area contributed by atoms with Crippen LogP contribution in [-0.2, 0) is 15.9 Å². The first kappa shape index (κ1) is 17.5. The molecule has 2 aliphatic rings. The molecular weight excluding hydrogens is 317 g/mol. The van der Waals surface area contributed by atoms with Crippen LogP contribution in [0.2, 0.25) is 0 Å². The van der Waals surface area contributed by atoms with Crippen LogP contribution in [-0.4, -0.2) is 25.2 Å². The van der Waals surface area contributed by atoms with Gasteiger partial charge >= 0.3 is 6.18 Å². The number of halogens is 3. The first-order valence-electron chi connectivity index (χ1n) is 8.59. The van der Waals surface area contributed by atoms with Crippen LogP contribution in [0.25, 0.3) is 5.57 Å². The molecule has 5 heteroatoms. The Morgan fingerprint density at radius 2 is 1.71 bits per heavy atom. The van der Waals surface area contributed by atoms with Gasteiger partial charge in [0.05, 0.1) is 13.2 Å². The van der Waals surface area contributed by atoms with Gasteiger partial charge in [-0.2, -0.15) is 13.2 Å². The minimum Gasteiger partial charge on any atom is -0.347 e. The Labute approximate surface area is 140 Å². The molecule has 1 spiro atoms. The zero-order valence-electron chi connectivity index (χ0n) is 13.7. The molecule has 3 rings (SSSR count). The molecule has 0 aromatic heterocycles. The lowest BCUT2D eigenvalue weighted by molar-refractivity contribution is -0.159. The highest BCUT2D eigenvalue weighted by atomic mass is 19.4. The summed E-state index contributed by atoms with van der Waals surface area (Å²) in [6.07, 6.45) is 1.49. The average molecular weight is 340 g/mol. The Balaban J connectivity index is 1.50. The molecule has 1 aromatic carbocycles. The molecule has 0 radical (unpaired) electrons. The second-order valence-corrected chi connectivity index (χ2v) is 6.56. The van der Waals surface area contributed by atoms with Gasteiger partial charge < -0.3 is 9.47 Å². The van der Waals surface area contributed by atoms with Gasteiger partial charge in [0.1, 0.15) is 0 Å². The molecule has 24 heavy (non-hydrogen) atoms. The van der Waals surface area contributed by atoms with Gasteiger partial charge in [0.15, 0.2) is 5.79 Å². The van der Waals surface area contributed by atoms with Crippen molar-refractivity contribution in [2.24, 2.45) is 0 Å². The van der Waals surface area contributed by atoms with Gasteiger partial charge in [-0.25, -0.2) is 0 Å². The molecule has 0 saturated carbocycles. The minimum absolute atomic E-state index is 0.193. The third-order valence-corrected chi connectivity index (χ3v) is 4.75. The van der Waals surface area contributed by atoms with Gasteiger partial charge in [-0.15, -0.1) is 0 Å². The molecule has 0 atom stereocenters. The number of rotatable bonds is 5. The molecule has 0 unspecified atom stereocenters. The zero-order chi connectivity index (χ0) is 17.0. The monoisotopic (exact) mass is 340 g/mol. The molecule has 1 aliphatic carbocycles. The molecule has 0 amide bonds. The van der Waals surface area contributed by atoms with Gasteiger partial charge in [0.25, 0.3) is 0 Å². The third-order valence-electron chi connectivity index (χ3n) is 4.75. The van der Waals surface area contributed by atoms with Crippen molar-refractivity contribution in [2.75, 3.05) is 13.2 Å². The molecular formula is C19H23F3O2. The molecule has 1 heterocycles. The smallest absolute Gasteiger partial charge is 0.347 e. The normalized spacial score (nSPS) is 20.4. The zero-order valence-corrected chi connectivity index (χ0v) is 13.7. The van der Waals surface area contributed by atoms with E-state index in [-0.39, 0.29) is 6.42 Å². The van der Waals surface area contributed by atoms with Gasteiger partial charge in [-0.1, -0.05) is 30.3 Å². The summed E-state index contributed by atoms with van der Waals surface area (Å²) in [5, 5.41) is 0. The van der Waals surface area contributed by atoms with Crippen molar-refractivity contribution in [3.8, 4) is 0 Å². The third kappa shape index (κ3) is 4.61. The Morgan fingerprint density at radius 3 is 2.29 bits per heavy atom. The predicted octanol–water partition coefficient (Wildman–Crippen LogP) is 5.27. The molecule has 1 saturated heterocycles. The van der Waals surface area contributed by atoms with E-state index >= 15 is 0 Å². The first-order valence-corrected chi connectivity index (χ1v) is 8.59. The van der Waals surface area contributed by atoms with Crippen LogP contribution in [0.15, 0.2) is 30.3 Å². The van der Waals surface area contributed by atoms with E-state index in [4.69, 9.17) is 9.47 Å². The van der Waals surface area contributed by atoms with Gasteiger partial charge in [0, 0.05) is 19.3 Å². The Bertz CT molecular complexity index is 569. The maximum Gasteiger partial charge on any atom is 0.389 e. The highest BCUT2D eigenvalue weighted by Crippen LogP contribution is 2.38. The Kier molecular flexibility index (Phi) is 5.30.